The van der Waals surface area contributed by atoms with Crippen molar-refractivity contribution in [3.63, 3.8) is 0 Å². The van der Waals surface area contributed by atoms with Crippen LogP contribution in [0.5, 0.6) is 0 Å². The molecule has 7 atom stereocenters. The van der Waals surface area contributed by atoms with Crippen LogP contribution in [-0.2, 0) is 14.3 Å². The van der Waals surface area contributed by atoms with Crippen LogP contribution in [0.3, 0.4) is 0 Å². The van der Waals surface area contributed by atoms with E-state index in [0.29, 0.717) is 23.5 Å². The molecule has 3 heteroatoms. The molecule has 7 unspecified atom stereocenters. The summed E-state index contributed by atoms with van der Waals surface area (Å²) in [5.41, 5.74) is 1.40. The highest BCUT2D eigenvalue weighted by Crippen LogP contribution is 2.59. The van der Waals surface area contributed by atoms with E-state index < -0.39 is 0 Å². The molecule has 0 aromatic rings. The summed E-state index contributed by atoms with van der Waals surface area (Å²) in [6.07, 6.45) is 8.39. The Bertz CT molecular complexity index is 511. The molecule has 4 aliphatic rings. The van der Waals surface area contributed by atoms with E-state index in [1.807, 2.05) is 6.08 Å². The quantitative estimate of drug-likeness (QED) is 0.740. The maximum atomic E-state index is 12.0. The minimum absolute atomic E-state index is 0.0647. The number of hydrogen-bond donors (Lipinski definition) is 0. The largest absolute Gasteiger partial charge is 0.356 e. The molecule has 3 aliphatic carbocycles. The molecule has 2 saturated carbocycles. The fraction of sp³-hybridized carbons (Fsp3) is 0.842. The molecular formula is C19H28O3. The Labute approximate surface area is 133 Å². The van der Waals surface area contributed by atoms with Gasteiger partial charge >= 0.3 is 0 Å². The van der Waals surface area contributed by atoms with Crippen molar-refractivity contribution in [2.45, 2.75) is 64.3 Å². The minimum Gasteiger partial charge on any atom is -0.356 e. The summed E-state index contributed by atoms with van der Waals surface area (Å²) in [4.78, 5) is 12.0. The molecule has 22 heavy (non-hydrogen) atoms. The van der Waals surface area contributed by atoms with Crippen molar-refractivity contribution >= 4 is 5.78 Å². The topological polar surface area (TPSA) is 35.5 Å². The molecule has 0 spiro atoms. The van der Waals surface area contributed by atoms with Crippen molar-refractivity contribution < 1.29 is 14.3 Å². The number of fused-ring (bicyclic) bond motifs is 5. The Morgan fingerprint density at radius 3 is 2.91 bits per heavy atom. The maximum absolute atomic E-state index is 12.0. The van der Waals surface area contributed by atoms with Gasteiger partial charge in [-0.15, -0.1) is 0 Å². The normalized spacial score (nSPS) is 50.9. The lowest BCUT2D eigenvalue weighted by Crippen LogP contribution is -2.50. The van der Waals surface area contributed by atoms with Crippen molar-refractivity contribution in [3.05, 3.63) is 11.6 Å². The molecule has 0 aromatic heterocycles. The number of carbonyl (C=O) groups is 1. The molecule has 1 saturated heterocycles. The van der Waals surface area contributed by atoms with E-state index in [0.717, 1.165) is 37.5 Å². The van der Waals surface area contributed by atoms with Gasteiger partial charge in [0.2, 0.25) is 0 Å². The molecule has 0 amide bonds. The smallest absolute Gasteiger partial charge is 0.158 e. The van der Waals surface area contributed by atoms with Crippen molar-refractivity contribution in [1.82, 2.24) is 0 Å². The van der Waals surface area contributed by atoms with E-state index in [9.17, 15) is 4.79 Å². The minimum atomic E-state index is -0.0654. The van der Waals surface area contributed by atoms with Gasteiger partial charge in [-0.25, -0.2) is 0 Å². The fourth-order valence-corrected chi connectivity index (χ4v) is 5.96. The third-order valence-electron chi connectivity index (χ3n) is 7.07. The molecule has 3 fully saturated rings. The number of ether oxygens (including phenoxy) is 2. The molecule has 0 radical (unpaired) electrons. The van der Waals surface area contributed by atoms with Crippen LogP contribution in [0.15, 0.2) is 11.6 Å². The summed E-state index contributed by atoms with van der Waals surface area (Å²) in [6, 6.07) is 0. The highest BCUT2D eigenvalue weighted by molar-refractivity contribution is 5.91. The van der Waals surface area contributed by atoms with E-state index in [1.54, 1.807) is 7.11 Å². The van der Waals surface area contributed by atoms with Gasteiger partial charge in [0.15, 0.2) is 12.1 Å². The second-order valence-corrected chi connectivity index (χ2v) is 8.23. The van der Waals surface area contributed by atoms with Crippen molar-refractivity contribution in [1.29, 1.82) is 0 Å². The zero-order valence-electron chi connectivity index (χ0n) is 14.0. The number of allylic oxidation sites excluding steroid dienone is 2. The standard InChI is InChI=1S/C19H28O3/c1-11-8-12-4-5-13(20)9-15(12)18-14(11)6-7-19(2)16(18)10-17(21-3)22-19/h9,11-12,14,16-18H,4-8,10H2,1-3H3. The van der Waals surface area contributed by atoms with Crippen molar-refractivity contribution in [3.8, 4) is 0 Å². The maximum Gasteiger partial charge on any atom is 0.158 e. The summed E-state index contributed by atoms with van der Waals surface area (Å²) in [5.74, 6) is 3.53. The van der Waals surface area contributed by atoms with Gasteiger partial charge in [-0.05, 0) is 68.3 Å². The molecule has 0 aromatic carbocycles. The predicted molar refractivity (Wildman–Crippen MR) is 84.2 cm³/mol. The van der Waals surface area contributed by atoms with Gasteiger partial charge in [0.25, 0.3) is 0 Å². The molecule has 122 valence electrons. The molecule has 3 nitrogen and oxygen atoms in total. The zero-order chi connectivity index (χ0) is 15.5. The van der Waals surface area contributed by atoms with Gasteiger partial charge < -0.3 is 9.47 Å². The molecule has 0 bridgehead atoms. The summed E-state index contributed by atoms with van der Waals surface area (Å²) in [6.45, 7) is 4.70. The average Bonchev–Trinajstić information content (AvgIpc) is 2.84. The van der Waals surface area contributed by atoms with Gasteiger partial charge in [0, 0.05) is 20.0 Å². The number of carbonyl (C=O) groups excluding carboxylic acids is 1. The van der Waals surface area contributed by atoms with E-state index in [-0.39, 0.29) is 11.9 Å². The third-order valence-corrected chi connectivity index (χ3v) is 7.07. The molecule has 1 heterocycles. The second kappa shape index (κ2) is 5.17. The van der Waals surface area contributed by atoms with Gasteiger partial charge in [-0.2, -0.15) is 0 Å². The zero-order valence-corrected chi connectivity index (χ0v) is 14.0. The van der Waals surface area contributed by atoms with Gasteiger partial charge in [-0.3, -0.25) is 4.79 Å². The van der Waals surface area contributed by atoms with Crippen LogP contribution < -0.4 is 0 Å². The highest BCUT2D eigenvalue weighted by atomic mass is 16.7. The van der Waals surface area contributed by atoms with Crippen LogP contribution in [0.25, 0.3) is 0 Å². The van der Waals surface area contributed by atoms with Crippen LogP contribution in [0.1, 0.15) is 52.4 Å². The van der Waals surface area contributed by atoms with Crippen molar-refractivity contribution in [2.75, 3.05) is 7.11 Å². The summed E-state index contributed by atoms with van der Waals surface area (Å²) in [5, 5.41) is 0. The van der Waals surface area contributed by atoms with Crippen molar-refractivity contribution in [2.24, 2.45) is 29.6 Å². The Kier molecular flexibility index (Phi) is 3.50. The number of rotatable bonds is 1. The van der Waals surface area contributed by atoms with Gasteiger partial charge in [0.05, 0.1) is 5.60 Å². The fourth-order valence-electron chi connectivity index (χ4n) is 5.96. The van der Waals surface area contributed by atoms with Crippen LogP contribution >= 0.6 is 0 Å². The number of ketones is 1. The summed E-state index contributed by atoms with van der Waals surface area (Å²) in [7, 11) is 1.75. The summed E-state index contributed by atoms with van der Waals surface area (Å²) < 4.78 is 11.8. The predicted octanol–water partition coefficient (Wildman–Crippen LogP) is 3.73. The van der Waals surface area contributed by atoms with Crippen LogP contribution in [0.4, 0.5) is 0 Å². The van der Waals surface area contributed by atoms with Gasteiger partial charge in [0.1, 0.15) is 0 Å². The van der Waals surface area contributed by atoms with Crippen LogP contribution in [0, 0.1) is 29.6 Å². The second-order valence-electron chi connectivity index (χ2n) is 8.23. The molecule has 1 aliphatic heterocycles. The van der Waals surface area contributed by atoms with E-state index in [1.165, 1.54) is 18.4 Å². The third kappa shape index (κ3) is 2.12. The Morgan fingerprint density at radius 1 is 1.32 bits per heavy atom. The lowest BCUT2D eigenvalue weighted by Gasteiger charge is -2.53. The first kappa shape index (κ1) is 14.9. The van der Waals surface area contributed by atoms with Gasteiger partial charge in [-0.1, -0.05) is 12.5 Å². The summed E-state index contributed by atoms with van der Waals surface area (Å²) >= 11 is 0. The van der Waals surface area contributed by atoms with Crippen LogP contribution in [-0.4, -0.2) is 24.8 Å². The first-order valence-electron chi connectivity index (χ1n) is 8.97. The average molecular weight is 304 g/mol. The lowest BCUT2D eigenvalue weighted by atomic mass is 9.52. The first-order chi connectivity index (χ1) is 10.5. The van der Waals surface area contributed by atoms with E-state index >= 15 is 0 Å². The van der Waals surface area contributed by atoms with Crippen LogP contribution in [0.2, 0.25) is 0 Å². The first-order valence-corrected chi connectivity index (χ1v) is 8.97. The Hall–Kier alpha value is -0.670. The van der Waals surface area contributed by atoms with E-state index in [2.05, 4.69) is 13.8 Å². The Balaban J connectivity index is 1.73. The number of methoxy groups -OCH3 is 1. The van der Waals surface area contributed by atoms with E-state index in [4.69, 9.17) is 9.47 Å². The molecular weight excluding hydrogens is 276 g/mol. The SMILES string of the molecule is COC1CC2C3C4=CC(=O)CCC4CC(C)C3CCC2(C)O1. The Morgan fingerprint density at radius 2 is 2.14 bits per heavy atom. The number of hydrogen-bond acceptors (Lipinski definition) is 3. The lowest BCUT2D eigenvalue weighted by molar-refractivity contribution is -0.167. The monoisotopic (exact) mass is 304 g/mol. The molecule has 4 rings (SSSR count). The highest BCUT2D eigenvalue weighted by Gasteiger charge is 2.57. The molecule has 0 N–H and O–H groups in total.